The SMILES string of the molecule is COCCn1c(C)nc2cc(Br)cc(OCc3c(C)cccc3C)c21. The zero-order valence-electron chi connectivity index (χ0n) is 15.1. The molecule has 0 spiro atoms. The van der Waals surface area contributed by atoms with Crippen LogP contribution in [0.15, 0.2) is 34.8 Å². The summed E-state index contributed by atoms with van der Waals surface area (Å²) in [7, 11) is 1.71. The Labute approximate surface area is 156 Å². The molecule has 0 fully saturated rings. The van der Waals surface area contributed by atoms with Gasteiger partial charge in [-0.05, 0) is 49.6 Å². The van der Waals surface area contributed by atoms with Crippen LogP contribution in [0.1, 0.15) is 22.5 Å². The van der Waals surface area contributed by atoms with Gasteiger partial charge in [-0.25, -0.2) is 4.98 Å². The number of rotatable bonds is 6. The van der Waals surface area contributed by atoms with Crippen molar-refractivity contribution in [3.05, 3.63) is 57.3 Å². The molecule has 1 aromatic heterocycles. The maximum atomic E-state index is 6.25. The molecule has 0 amide bonds. The molecule has 1 heterocycles. The fourth-order valence-corrected chi connectivity index (χ4v) is 3.53. The number of imidazole rings is 1. The second kappa shape index (κ2) is 7.58. The lowest BCUT2D eigenvalue weighted by atomic mass is 10.0. The van der Waals surface area contributed by atoms with Crippen molar-refractivity contribution in [3.63, 3.8) is 0 Å². The topological polar surface area (TPSA) is 36.3 Å². The number of halogens is 1. The molecule has 0 saturated heterocycles. The van der Waals surface area contributed by atoms with Crippen molar-refractivity contribution < 1.29 is 9.47 Å². The number of aryl methyl sites for hydroxylation is 3. The minimum atomic E-state index is 0.540. The molecule has 0 aliphatic carbocycles. The number of benzene rings is 2. The molecule has 0 bridgehead atoms. The van der Waals surface area contributed by atoms with Crippen LogP contribution in [0, 0.1) is 20.8 Å². The summed E-state index contributed by atoms with van der Waals surface area (Å²) >= 11 is 3.57. The van der Waals surface area contributed by atoms with E-state index < -0.39 is 0 Å². The van der Waals surface area contributed by atoms with Crippen LogP contribution < -0.4 is 4.74 Å². The zero-order valence-corrected chi connectivity index (χ0v) is 16.7. The Morgan fingerprint density at radius 3 is 2.52 bits per heavy atom. The molecule has 0 N–H and O–H groups in total. The monoisotopic (exact) mass is 402 g/mol. The first-order valence-electron chi connectivity index (χ1n) is 8.34. The summed E-state index contributed by atoms with van der Waals surface area (Å²) in [4.78, 5) is 4.68. The highest BCUT2D eigenvalue weighted by Gasteiger charge is 2.15. The smallest absolute Gasteiger partial charge is 0.146 e. The Hall–Kier alpha value is -1.85. The van der Waals surface area contributed by atoms with E-state index in [0.717, 1.165) is 33.6 Å². The van der Waals surface area contributed by atoms with Crippen LogP contribution in [0.3, 0.4) is 0 Å². The van der Waals surface area contributed by atoms with Crippen LogP contribution in [0.4, 0.5) is 0 Å². The number of aromatic nitrogens is 2. The molecule has 132 valence electrons. The predicted molar refractivity (Wildman–Crippen MR) is 104 cm³/mol. The van der Waals surface area contributed by atoms with E-state index in [2.05, 4.69) is 57.5 Å². The quantitative estimate of drug-likeness (QED) is 0.585. The van der Waals surface area contributed by atoms with E-state index in [1.807, 2.05) is 19.1 Å². The standard InChI is InChI=1S/C20H23BrN2O2/c1-13-6-5-7-14(2)17(13)12-25-19-11-16(21)10-18-20(19)23(8-9-24-4)15(3)22-18/h5-7,10-11H,8-9,12H2,1-4H3. The van der Waals surface area contributed by atoms with Crippen LogP contribution in [0.25, 0.3) is 11.0 Å². The van der Waals surface area contributed by atoms with Crippen molar-refractivity contribution in [1.29, 1.82) is 0 Å². The van der Waals surface area contributed by atoms with Crippen molar-refractivity contribution in [2.45, 2.75) is 33.9 Å². The normalized spacial score (nSPS) is 11.2. The fraction of sp³-hybridized carbons (Fsp3) is 0.350. The van der Waals surface area contributed by atoms with Gasteiger partial charge in [-0.2, -0.15) is 0 Å². The number of hydrogen-bond acceptors (Lipinski definition) is 3. The molecule has 3 rings (SSSR count). The molecule has 0 atom stereocenters. The highest BCUT2D eigenvalue weighted by Crippen LogP contribution is 2.32. The third-order valence-corrected chi connectivity index (χ3v) is 4.96. The number of methoxy groups -OCH3 is 1. The summed E-state index contributed by atoms with van der Waals surface area (Å²) < 4.78 is 14.6. The molecule has 5 heteroatoms. The van der Waals surface area contributed by atoms with Crippen molar-refractivity contribution in [3.8, 4) is 5.75 Å². The van der Waals surface area contributed by atoms with Gasteiger partial charge in [0.2, 0.25) is 0 Å². The van der Waals surface area contributed by atoms with Gasteiger partial charge in [-0.15, -0.1) is 0 Å². The molecule has 0 unspecified atom stereocenters. The summed E-state index contributed by atoms with van der Waals surface area (Å²) in [6.07, 6.45) is 0. The largest absolute Gasteiger partial charge is 0.487 e. The molecule has 0 saturated carbocycles. The average Bonchev–Trinajstić information content (AvgIpc) is 2.87. The highest BCUT2D eigenvalue weighted by molar-refractivity contribution is 9.10. The third kappa shape index (κ3) is 3.72. The van der Waals surface area contributed by atoms with Crippen molar-refractivity contribution in [2.75, 3.05) is 13.7 Å². The molecule has 0 aliphatic heterocycles. The summed E-state index contributed by atoms with van der Waals surface area (Å²) in [6, 6.07) is 10.4. The van der Waals surface area contributed by atoms with Crippen LogP contribution in [-0.2, 0) is 17.9 Å². The predicted octanol–water partition coefficient (Wildman–Crippen LogP) is 4.95. The summed E-state index contributed by atoms with van der Waals surface area (Å²) in [6.45, 7) is 8.18. The van der Waals surface area contributed by atoms with E-state index in [1.54, 1.807) is 7.11 Å². The van der Waals surface area contributed by atoms with Gasteiger partial charge in [-0.1, -0.05) is 34.1 Å². The summed E-state index contributed by atoms with van der Waals surface area (Å²) in [5.41, 5.74) is 5.67. The van der Waals surface area contributed by atoms with Crippen molar-refractivity contribution in [2.24, 2.45) is 0 Å². The van der Waals surface area contributed by atoms with Gasteiger partial charge >= 0.3 is 0 Å². The molecule has 0 radical (unpaired) electrons. The van der Waals surface area contributed by atoms with E-state index >= 15 is 0 Å². The zero-order chi connectivity index (χ0) is 18.0. The van der Waals surface area contributed by atoms with E-state index in [9.17, 15) is 0 Å². The number of ether oxygens (including phenoxy) is 2. The summed E-state index contributed by atoms with van der Waals surface area (Å²) in [5, 5.41) is 0. The fourth-order valence-electron chi connectivity index (χ4n) is 3.11. The van der Waals surface area contributed by atoms with Gasteiger partial charge in [-0.3, -0.25) is 0 Å². The van der Waals surface area contributed by atoms with E-state index in [-0.39, 0.29) is 0 Å². The van der Waals surface area contributed by atoms with Gasteiger partial charge in [0.05, 0.1) is 12.1 Å². The number of hydrogen-bond donors (Lipinski definition) is 0. The lowest BCUT2D eigenvalue weighted by molar-refractivity contribution is 0.187. The van der Waals surface area contributed by atoms with Gasteiger partial charge in [0.1, 0.15) is 23.7 Å². The Kier molecular flexibility index (Phi) is 5.45. The molecule has 25 heavy (non-hydrogen) atoms. The third-order valence-electron chi connectivity index (χ3n) is 4.50. The van der Waals surface area contributed by atoms with Crippen LogP contribution >= 0.6 is 15.9 Å². The highest BCUT2D eigenvalue weighted by atomic mass is 79.9. The first-order chi connectivity index (χ1) is 12.0. The summed E-state index contributed by atoms with van der Waals surface area (Å²) in [5.74, 6) is 1.80. The van der Waals surface area contributed by atoms with Gasteiger partial charge < -0.3 is 14.0 Å². The van der Waals surface area contributed by atoms with Crippen LogP contribution in [0.2, 0.25) is 0 Å². The first-order valence-corrected chi connectivity index (χ1v) is 9.13. The van der Waals surface area contributed by atoms with E-state index in [1.165, 1.54) is 16.7 Å². The molecule has 3 aromatic rings. The Bertz CT molecular complexity index is 882. The Morgan fingerprint density at radius 1 is 1.12 bits per heavy atom. The Morgan fingerprint density at radius 2 is 1.84 bits per heavy atom. The molecular formula is C20H23BrN2O2. The lowest BCUT2D eigenvalue weighted by Gasteiger charge is -2.14. The van der Waals surface area contributed by atoms with Gasteiger partial charge in [0.15, 0.2) is 0 Å². The van der Waals surface area contributed by atoms with E-state index in [0.29, 0.717) is 13.2 Å². The van der Waals surface area contributed by atoms with Crippen molar-refractivity contribution >= 4 is 27.0 Å². The van der Waals surface area contributed by atoms with Crippen molar-refractivity contribution in [1.82, 2.24) is 9.55 Å². The maximum absolute atomic E-state index is 6.25. The van der Waals surface area contributed by atoms with E-state index in [4.69, 9.17) is 9.47 Å². The van der Waals surface area contributed by atoms with Gasteiger partial charge in [0, 0.05) is 18.1 Å². The minimum Gasteiger partial charge on any atom is -0.487 e. The van der Waals surface area contributed by atoms with Gasteiger partial charge in [0.25, 0.3) is 0 Å². The Balaban J connectivity index is 2.00. The molecule has 4 nitrogen and oxygen atoms in total. The second-order valence-corrected chi connectivity index (χ2v) is 7.15. The minimum absolute atomic E-state index is 0.540. The molecule has 2 aromatic carbocycles. The first kappa shape index (κ1) is 18.0. The van der Waals surface area contributed by atoms with Crippen LogP contribution in [0.5, 0.6) is 5.75 Å². The molecule has 0 aliphatic rings. The number of fused-ring (bicyclic) bond motifs is 1. The molecular weight excluding hydrogens is 380 g/mol. The lowest BCUT2D eigenvalue weighted by Crippen LogP contribution is -2.07. The average molecular weight is 403 g/mol. The van der Waals surface area contributed by atoms with Crippen LogP contribution in [-0.4, -0.2) is 23.3 Å². The second-order valence-electron chi connectivity index (χ2n) is 6.23. The number of nitrogens with zero attached hydrogens (tertiary/aromatic N) is 2. The maximum Gasteiger partial charge on any atom is 0.146 e.